The highest BCUT2D eigenvalue weighted by atomic mass is 16.5. The number of hydrogen-bond acceptors (Lipinski definition) is 4. The van der Waals surface area contributed by atoms with Crippen molar-refractivity contribution in [1.82, 2.24) is 9.88 Å². The fourth-order valence-electron chi connectivity index (χ4n) is 4.57. The molecule has 160 valence electrons. The van der Waals surface area contributed by atoms with Gasteiger partial charge in [-0.3, -0.25) is 0 Å². The number of hydrogen-bond donors (Lipinski definition) is 2. The summed E-state index contributed by atoms with van der Waals surface area (Å²) in [4.78, 5) is 5.74. The molecule has 3 aromatic rings. The van der Waals surface area contributed by atoms with Gasteiger partial charge in [-0.2, -0.15) is 0 Å². The molecule has 1 aromatic heterocycles. The maximum absolute atomic E-state index is 10.5. The molecule has 1 aliphatic rings. The van der Waals surface area contributed by atoms with Gasteiger partial charge in [0.05, 0.1) is 7.11 Å². The van der Waals surface area contributed by atoms with E-state index in [9.17, 15) is 5.11 Å². The fourth-order valence-corrected chi connectivity index (χ4v) is 4.57. The number of rotatable bonds is 7. The Balaban J connectivity index is 1.29. The van der Waals surface area contributed by atoms with Crippen molar-refractivity contribution >= 4 is 10.9 Å². The molecule has 0 aliphatic carbocycles. The molecule has 30 heavy (non-hydrogen) atoms. The van der Waals surface area contributed by atoms with Gasteiger partial charge in [0, 0.05) is 23.6 Å². The molecular formula is C25H32N2O3. The molecule has 0 saturated carbocycles. The van der Waals surface area contributed by atoms with E-state index in [1.54, 1.807) is 7.11 Å². The van der Waals surface area contributed by atoms with E-state index in [2.05, 4.69) is 48.1 Å². The zero-order chi connectivity index (χ0) is 21.1. The number of nitrogens with one attached hydrogen (secondary N) is 1. The predicted octanol–water partition coefficient (Wildman–Crippen LogP) is 4.41. The Hall–Kier alpha value is -2.50. The molecule has 0 bridgehead atoms. The van der Waals surface area contributed by atoms with Gasteiger partial charge in [-0.15, -0.1) is 0 Å². The maximum atomic E-state index is 10.5. The van der Waals surface area contributed by atoms with E-state index in [1.807, 2.05) is 18.2 Å². The van der Waals surface area contributed by atoms with Crippen LogP contribution in [0.5, 0.6) is 11.5 Å². The highest BCUT2D eigenvalue weighted by Crippen LogP contribution is 2.34. The predicted molar refractivity (Wildman–Crippen MR) is 121 cm³/mol. The Labute approximate surface area is 178 Å². The van der Waals surface area contributed by atoms with Crippen molar-refractivity contribution in [2.75, 3.05) is 33.4 Å². The second-order valence-corrected chi connectivity index (χ2v) is 8.52. The van der Waals surface area contributed by atoms with E-state index in [0.29, 0.717) is 19.1 Å². The van der Waals surface area contributed by atoms with Crippen LogP contribution < -0.4 is 9.47 Å². The fraction of sp³-hybridized carbons (Fsp3) is 0.440. The van der Waals surface area contributed by atoms with Crippen molar-refractivity contribution < 1.29 is 14.6 Å². The highest BCUT2D eigenvalue weighted by Gasteiger charge is 2.24. The van der Waals surface area contributed by atoms with Crippen LogP contribution in [-0.2, 0) is 0 Å². The first kappa shape index (κ1) is 20.8. The summed E-state index contributed by atoms with van der Waals surface area (Å²) in [6.07, 6.45) is 3.85. The number of piperidine rings is 1. The van der Waals surface area contributed by atoms with Gasteiger partial charge in [0.25, 0.3) is 0 Å². The largest absolute Gasteiger partial charge is 0.497 e. The summed E-state index contributed by atoms with van der Waals surface area (Å²) in [5.41, 5.74) is 4.89. The van der Waals surface area contributed by atoms with Crippen LogP contribution in [0.2, 0.25) is 0 Å². The van der Waals surface area contributed by atoms with Crippen LogP contribution in [0.4, 0.5) is 0 Å². The third kappa shape index (κ3) is 4.79. The Kier molecular flexibility index (Phi) is 6.30. The van der Waals surface area contributed by atoms with E-state index < -0.39 is 6.10 Å². The molecule has 1 atom stereocenters. The number of aliphatic hydroxyl groups excluding tert-OH is 1. The minimum atomic E-state index is -0.486. The maximum Gasteiger partial charge on any atom is 0.119 e. The molecule has 4 rings (SSSR count). The first-order valence-corrected chi connectivity index (χ1v) is 10.8. The number of methoxy groups -OCH3 is 1. The average molecular weight is 409 g/mol. The number of ether oxygens (including phenoxy) is 2. The number of β-amino-alcohol motifs (C(OH)–C–C–N with tert-alkyl or cyclic N) is 1. The van der Waals surface area contributed by atoms with E-state index in [0.717, 1.165) is 42.9 Å². The van der Waals surface area contributed by atoms with Crippen LogP contribution in [-0.4, -0.2) is 54.4 Å². The number of benzene rings is 2. The standard InChI is InChI=1S/C25H32N2O3/c1-17-10-18(2)12-22(11-17)30-16-20(28)15-27-8-6-19(7-9-27)24-14-26-25-5-4-21(29-3)13-23(24)25/h4-5,10-14,19-20,26,28H,6-9,15-16H2,1-3H3. The van der Waals surface area contributed by atoms with Gasteiger partial charge in [0.2, 0.25) is 0 Å². The quantitative estimate of drug-likeness (QED) is 0.608. The Bertz CT molecular complexity index is 969. The molecule has 0 amide bonds. The summed E-state index contributed by atoms with van der Waals surface area (Å²) in [5.74, 6) is 2.26. The van der Waals surface area contributed by atoms with Crippen molar-refractivity contribution in [1.29, 1.82) is 0 Å². The lowest BCUT2D eigenvalue weighted by molar-refractivity contribution is 0.0594. The highest BCUT2D eigenvalue weighted by molar-refractivity contribution is 5.85. The minimum absolute atomic E-state index is 0.324. The van der Waals surface area contributed by atoms with Crippen molar-refractivity contribution in [3.05, 3.63) is 59.3 Å². The summed E-state index contributed by atoms with van der Waals surface area (Å²) in [6.45, 7) is 7.07. The molecule has 5 nitrogen and oxygen atoms in total. The molecule has 2 aromatic carbocycles. The number of aromatic amines is 1. The number of nitrogens with zero attached hydrogens (tertiary/aromatic N) is 1. The first-order valence-electron chi connectivity index (χ1n) is 10.8. The second kappa shape index (κ2) is 9.11. The van der Waals surface area contributed by atoms with Crippen LogP contribution in [0.15, 0.2) is 42.6 Å². The molecule has 5 heteroatoms. The number of aryl methyl sites for hydroxylation is 2. The third-order valence-corrected chi connectivity index (χ3v) is 6.05. The van der Waals surface area contributed by atoms with Crippen LogP contribution in [0.1, 0.15) is 35.4 Å². The van der Waals surface area contributed by atoms with Gasteiger partial charge in [-0.25, -0.2) is 0 Å². The van der Waals surface area contributed by atoms with Crippen molar-refractivity contribution in [2.45, 2.75) is 38.7 Å². The van der Waals surface area contributed by atoms with Crippen molar-refractivity contribution in [3.8, 4) is 11.5 Å². The number of H-pyrrole nitrogens is 1. The van der Waals surface area contributed by atoms with Gasteiger partial charge in [0.15, 0.2) is 0 Å². The number of aromatic nitrogens is 1. The zero-order valence-electron chi connectivity index (χ0n) is 18.1. The van der Waals surface area contributed by atoms with Crippen LogP contribution in [0, 0.1) is 13.8 Å². The molecule has 1 fully saturated rings. The van der Waals surface area contributed by atoms with Gasteiger partial charge < -0.3 is 24.5 Å². The van der Waals surface area contributed by atoms with E-state index in [-0.39, 0.29) is 0 Å². The molecule has 1 unspecified atom stereocenters. The number of fused-ring (bicyclic) bond motifs is 1. The summed E-state index contributed by atoms with van der Waals surface area (Å²) in [7, 11) is 1.71. The smallest absolute Gasteiger partial charge is 0.119 e. The molecule has 2 heterocycles. The number of aliphatic hydroxyl groups is 1. The molecule has 2 N–H and O–H groups in total. The summed E-state index contributed by atoms with van der Waals surface area (Å²) in [5, 5.41) is 11.7. The van der Waals surface area contributed by atoms with Gasteiger partial charge in [-0.1, -0.05) is 6.07 Å². The molecule has 0 spiro atoms. The second-order valence-electron chi connectivity index (χ2n) is 8.52. The minimum Gasteiger partial charge on any atom is -0.497 e. The Morgan fingerprint density at radius 3 is 2.50 bits per heavy atom. The van der Waals surface area contributed by atoms with Crippen molar-refractivity contribution in [3.63, 3.8) is 0 Å². The third-order valence-electron chi connectivity index (χ3n) is 6.05. The molecular weight excluding hydrogens is 376 g/mol. The van der Waals surface area contributed by atoms with Gasteiger partial charge >= 0.3 is 0 Å². The Morgan fingerprint density at radius 2 is 1.80 bits per heavy atom. The van der Waals surface area contributed by atoms with Gasteiger partial charge in [-0.05, 0) is 92.7 Å². The Morgan fingerprint density at radius 1 is 1.07 bits per heavy atom. The van der Waals surface area contributed by atoms with E-state index >= 15 is 0 Å². The summed E-state index contributed by atoms with van der Waals surface area (Å²) >= 11 is 0. The van der Waals surface area contributed by atoms with Crippen LogP contribution >= 0.6 is 0 Å². The molecule has 1 saturated heterocycles. The molecule has 0 radical (unpaired) electrons. The molecule has 1 aliphatic heterocycles. The topological polar surface area (TPSA) is 57.7 Å². The van der Waals surface area contributed by atoms with Gasteiger partial charge in [0.1, 0.15) is 24.2 Å². The normalized spacial score (nSPS) is 16.7. The lowest BCUT2D eigenvalue weighted by Gasteiger charge is -2.33. The average Bonchev–Trinajstić information content (AvgIpc) is 3.15. The van der Waals surface area contributed by atoms with Crippen LogP contribution in [0.25, 0.3) is 10.9 Å². The van der Waals surface area contributed by atoms with Crippen LogP contribution in [0.3, 0.4) is 0 Å². The summed E-state index contributed by atoms with van der Waals surface area (Å²) < 4.78 is 11.2. The number of likely N-dealkylation sites (tertiary alicyclic amines) is 1. The zero-order valence-corrected chi connectivity index (χ0v) is 18.1. The van der Waals surface area contributed by atoms with E-state index in [4.69, 9.17) is 9.47 Å². The van der Waals surface area contributed by atoms with E-state index in [1.165, 1.54) is 22.1 Å². The monoisotopic (exact) mass is 408 g/mol. The lowest BCUT2D eigenvalue weighted by atomic mass is 9.89. The first-order chi connectivity index (χ1) is 14.5. The summed E-state index contributed by atoms with van der Waals surface area (Å²) in [6, 6.07) is 12.4. The van der Waals surface area contributed by atoms with Crippen molar-refractivity contribution in [2.24, 2.45) is 0 Å². The lowest BCUT2D eigenvalue weighted by Crippen LogP contribution is -2.40. The SMILES string of the molecule is COc1ccc2[nH]cc(C3CCN(CC(O)COc4cc(C)cc(C)c4)CC3)c2c1.